The lowest BCUT2D eigenvalue weighted by Crippen LogP contribution is -2.28. The number of amides is 2. The lowest BCUT2D eigenvalue weighted by atomic mass is 10.2. The number of nitrogens with one attached hydrogen (secondary N) is 2. The lowest BCUT2D eigenvalue weighted by molar-refractivity contribution is -0.402. The minimum absolute atomic E-state index is 0.0640. The van der Waals surface area contributed by atoms with Gasteiger partial charge >= 0.3 is 11.8 Å². The molecule has 0 aliphatic rings. The van der Waals surface area contributed by atoms with Crippen molar-refractivity contribution >= 4 is 46.7 Å². The highest BCUT2D eigenvalue weighted by atomic mass is 16.7. The van der Waals surface area contributed by atoms with E-state index in [0.717, 1.165) is 12.1 Å². The van der Waals surface area contributed by atoms with Crippen LogP contribution < -0.4 is 10.6 Å². The van der Waals surface area contributed by atoms with E-state index >= 15 is 0 Å². The van der Waals surface area contributed by atoms with Gasteiger partial charge in [-0.25, -0.2) is 0 Å². The molecule has 2 aromatic heterocycles. The number of carbonyl (C=O) groups is 2. The third-order valence-electron chi connectivity index (χ3n) is 3.75. The summed E-state index contributed by atoms with van der Waals surface area (Å²) in [6.45, 7) is 5.65. The molecule has 184 valence electrons. The molecule has 2 N–H and O–H groups in total. The Bertz CT molecular complexity index is 1170. The van der Waals surface area contributed by atoms with Crippen LogP contribution in [0, 0.1) is 20.2 Å². The van der Waals surface area contributed by atoms with Gasteiger partial charge in [-0.2, -0.15) is 10.2 Å². The highest BCUT2D eigenvalue weighted by molar-refractivity contribution is 6.08. The van der Waals surface area contributed by atoms with Crippen LogP contribution in [0.2, 0.25) is 0 Å². The van der Waals surface area contributed by atoms with Crippen molar-refractivity contribution in [3.05, 3.63) is 56.0 Å². The zero-order valence-electron chi connectivity index (χ0n) is 19.0. The molecule has 2 amide bonds. The Hall–Kier alpha value is -5.02. The molecule has 0 aliphatic heterocycles. The van der Waals surface area contributed by atoms with Gasteiger partial charge in [-0.3, -0.25) is 29.8 Å². The number of hydrogen-bond acceptors (Lipinski definition) is 12. The number of hydrogen-bond donors (Lipinski definition) is 2. The first kappa shape index (κ1) is 26.2. The van der Waals surface area contributed by atoms with Crippen LogP contribution >= 0.6 is 0 Å². The number of carbonyl (C=O) groups excluding carboxylic acids is 2. The molecule has 0 atom stereocenters. The number of furan rings is 2. The molecular weight excluding hydrogens is 468 g/mol. The normalized spacial score (nSPS) is 12.9. The molecule has 35 heavy (non-hydrogen) atoms. The molecule has 0 spiro atoms. The fourth-order valence-corrected chi connectivity index (χ4v) is 2.42. The summed E-state index contributed by atoms with van der Waals surface area (Å²) in [5.41, 5.74) is 0.833. The van der Waals surface area contributed by atoms with Crippen molar-refractivity contribution in [3.63, 3.8) is 0 Å². The summed E-state index contributed by atoms with van der Waals surface area (Å²) in [6.07, 6.45) is 0.157. The van der Waals surface area contributed by atoms with Gasteiger partial charge in [0, 0.05) is 31.7 Å². The predicted octanol–water partition coefficient (Wildman–Crippen LogP) is 2.30. The SMILES string of the molecule is CC(=O)NC(=NN=C(C)CC(C)=NN=C(NC(C)=O)c1ccc([N+](=O)[O-])o1)c1ccc([N+](=O)[O-])o1. The molecule has 16 heteroatoms. The van der Waals surface area contributed by atoms with E-state index in [2.05, 4.69) is 31.0 Å². The Balaban J connectivity index is 2.24. The summed E-state index contributed by atoms with van der Waals surface area (Å²) < 4.78 is 10.1. The summed E-state index contributed by atoms with van der Waals surface area (Å²) in [5.74, 6) is -2.45. The Morgan fingerprint density at radius 3 is 1.40 bits per heavy atom. The van der Waals surface area contributed by atoms with E-state index in [1.54, 1.807) is 13.8 Å². The number of nitrogens with zero attached hydrogens (tertiary/aromatic N) is 6. The minimum atomic E-state index is -0.736. The molecule has 2 aromatic rings. The third-order valence-corrected chi connectivity index (χ3v) is 3.75. The average molecular weight is 488 g/mol. The quantitative estimate of drug-likeness (QED) is 0.242. The Morgan fingerprint density at radius 2 is 1.11 bits per heavy atom. The van der Waals surface area contributed by atoms with Gasteiger partial charge in [0.1, 0.15) is 9.85 Å². The van der Waals surface area contributed by atoms with Gasteiger partial charge in [-0.15, -0.1) is 10.2 Å². The Labute approximate surface area is 196 Å². The van der Waals surface area contributed by atoms with Crippen LogP contribution in [0.4, 0.5) is 11.8 Å². The van der Waals surface area contributed by atoms with Crippen molar-refractivity contribution in [2.75, 3.05) is 0 Å². The van der Waals surface area contributed by atoms with Crippen LogP contribution in [0.15, 0.2) is 53.5 Å². The molecule has 0 fully saturated rings. The summed E-state index contributed by atoms with van der Waals surface area (Å²) in [7, 11) is 0. The molecule has 2 rings (SSSR count). The van der Waals surface area contributed by atoms with E-state index in [-0.39, 0.29) is 29.6 Å². The Kier molecular flexibility index (Phi) is 8.79. The molecule has 0 aliphatic carbocycles. The van der Waals surface area contributed by atoms with Gasteiger partial charge in [0.2, 0.25) is 11.8 Å². The van der Waals surface area contributed by atoms with Gasteiger partial charge in [-0.05, 0) is 26.0 Å². The van der Waals surface area contributed by atoms with E-state index in [0.29, 0.717) is 11.4 Å². The first-order chi connectivity index (χ1) is 16.5. The Morgan fingerprint density at radius 1 is 0.743 bits per heavy atom. The average Bonchev–Trinajstić information content (AvgIpc) is 3.44. The number of rotatable bonds is 8. The van der Waals surface area contributed by atoms with Crippen LogP contribution in [0.3, 0.4) is 0 Å². The fraction of sp³-hybridized carbons (Fsp3) is 0.263. The van der Waals surface area contributed by atoms with Gasteiger partial charge < -0.3 is 19.5 Å². The molecule has 0 radical (unpaired) electrons. The largest absolute Gasteiger partial charge is 0.433 e. The second kappa shape index (κ2) is 11.7. The van der Waals surface area contributed by atoms with E-state index < -0.39 is 33.4 Å². The first-order valence-corrected chi connectivity index (χ1v) is 9.73. The highest BCUT2D eigenvalue weighted by Crippen LogP contribution is 2.17. The molecule has 0 saturated heterocycles. The molecular formula is C19H20N8O8. The van der Waals surface area contributed by atoms with Crippen LogP contribution in [0.5, 0.6) is 0 Å². The summed E-state index contributed by atoms with van der Waals surface area (Å²) in [5, 5.41) is 42.1. The maximum absolute atomic E-state index is 11.4. The molecule has 0 aromatic carbocycles. The molecule has 16 nitrogen and oxygen atoms in total. The fourth-order valence-electron chi connectivity index (χ4n) is 2.42. The smallest absolute Gasteiger partial charge is 0.397 e. The lowest BCUT2D eigenvalue weighted by Gasteiger charge is -2.03. The van der Waals surface area contributed by atoms with E-state index in [4.69, 9.17) is 8.83 Å². The summed E-state index contributed by atoms with van der Waals surface area (Å²) in [4.78, 5) is 43.0. The molecule has 0 saturated carbocycles. The second-order valence-corrected chi connectivity index (χ2v) is 6.90. The predicted molar refractivity (Wildman–Crippen MR) is 122 cm³/mol. The van der Waals surface area contributed by atoms with Crippen LogP contribution in [0.1, 0.15) is 45.6 Å². The van der Waals surface area contributed by atoms with Crippen molar-refractivity contribution in [2.24, 2.45) is 20.4 Å². The van der Waals surface area contributed by atoms with Crippen LogP contribution in [-0.4, -0.2) is 44.8 Å². The number of amidine groups is 2. The maximum atomic E-state index is 11.4. The van der Waals surface area contributed by atoms with E-state index in [9.17, 15) is 29.8 Å². The minimum Gasteiger partial charge on any atom is -0.397 e. The van der Waals surface area contributed by atoms with Crippen LogP contribution in [0.25, 0.3) is 0 Å². The third kappa shape index (κ3) is 8.12. The van der Waals surface area contributed by atoms with E-state index in [1.165, 1.54) is 26.0 Å². The van der Waals surface area contributed by atoms with Crippen molar-refractivity contribution in [2.45, 2.75) is 34.1 Å². The summed E-state index contributed by atoms with van der Waals surface area (Å²) >= 11 is 0. The second-order valence-electron chi connectivity index (χ2n) is 6.90. The monoisotopic (exact) mass is 488 g/mol. The standard InChI is InChI=1S/C19H20N8O8/c1-10(22-24-18(20-12(3)28)14-5-7-16(34-14)26(30)31)9-11(2)23-25-19(21-13(4)29)15-6-8-17(35-15)27(32)33/h5-8H,9H2,1-4H3,(H,20,24,28)(H,21,25,29). The summed E-state index contributed by atoms with van der Waals surface area (Å²) in [6, 6.07) is 4.75. The molecule has 2 heterocycles. The van der Waals surface area contributed by atoms with Gasteiger partial charge in [0.25, 0.3) is 0 Å². The van der Waals surface area contributed by atoms with Crippen molar-refractivity contribution in [3.8, 4) is 0 Å². The maximum Gasteiger partial charge on any atom is 0.433 e. The number of nitro groups is 2. The zero-order chi connectivity index (χ0) is 26.1. The van der Waals surface area contributed by atoms with Crippen molar-refractivity contribution in [1.82, 2.24) is 10.6 Å². The highest BCUT2D eigenvalue weighted by Gasteiger charge is 2.18. The first-order valence-electron chi connectivity index (χ1n) is 9.73. The molecule has 0 unspecified atom stereocenters. The zero-order valence-corrected chi connectivity index (χ0v) is 19.0. The van der Waals surface area contributed by atoms with Gasteiger partial charge in [-0.1, -0.05) is 0 Å². The molecule has 0 bridgehead atoms. The topological polar surface area (TPSA) is 220 Å². The van der Waals surface area contributed by atoms with Crippen molar-refractivity contribution < 1.29 is 28.3 Å². The van der Waals surface area contributed by atoms with Crippen LogP contribution in [-0.2, 0) is 9.59 Å². The van der Waals surface area contributed by atoms with Crippen molar-refractivity contribution in [1.29, 1.82) is 0 Å². The van der Waals surface area contributed by atoms with E-state index in [1.807, 2.05) is 0 Å². The van der Waals surface area contributed by atoms with Gasteiger partial charge in [0.05, 0.1) is 12.1 Å². The van der Waals surface area contributed by atoms with Gasteiger partial charge in [0.15, 0.2) is 23.2 Å².